The van der Waals surface area contributed by atoms with Gasteiger partial charge in [0.05, 0.1) is 0 Å². The van der Waals surface area contributed by atoms with Gasteiger partial charge in [-0.15, -0.1) is 0 Å². The Kier molecular flexibility index (Phi) is 6.69. The van der Waals surface area contributed by atoms with Crippen LogP contribution in [0.25, 0.3) is 0 Å². The van der Waals surface area contributed by atoms with Crippen molar-refractivity contribution in [1.82, 2.24) is 10.2 Å². The molecule has 6 nitrogen and oxygen atoms in total. The molecular weight excluding hydrogens is 375 g/mol. The van der Waals surface area contributed by atoms with Crippen LogP contribution in [0, 0.1) is 5.82 Å². The molecule has 0 unspecified atom stereocenters. The van der Waals surface area contributed by atoms with Gasteiger partial charge in [0.25, 0.3) is 0 Å². The summed E-state index contributed by atoms with van der Waals surface area (Å²) in [5, 5.41) is 2.73. The molecule has 0 saturated heterocycles. The molecule has 0 radical (unpaired) electrons. The van der Waals surface area contributed by atoms with Crippen molar-refractivity contribution < 1.29 is 23.5 Å². The van der Waals surface area contributed by atoms with E-state index in [2.05, 4.69) is 5.32 Å². The number of carbonyl (C=O) groups excluding carboxylic acids is 2. The number of carbonyl (C=O) groups is 2. The molecule has 3 rings (SSSR count). The van der Waals surface area contributed by atoms with Gasteiger partial charge in [-0.2, -0.15) is 0 Å². The number of halogens is 1. The SMILES string of the molecule is CCNC(=O)[C@@H](C)N(Cc1ccccc1F)C(=O)CCc1ccc2c(c1)OCO2. The summed E-state index contributed by atoms with van der Waals surface area (Å²) in [7, 11) is 0. The average molecular weight is 400 g/mol. The number of amides is 2. The molecule has 0 fully saturated rings. The van der Waals surface area contributed by atoms with E-state index in [1.54, 1.807) is 25.1 Å². The second-order valence-corrected chi connectivity index (χ2v) is 6.87. The van der Waals surface area contributed by atoms with E-state index < -0.39 is 11.9 Å². The second-order valence-electron chi connectivity index (χ2n) is 6.87. The lowest BCUT2D eigenvalue weighted by Crippen LogP contribution is -2.47. The van der Waals surface area contributed by atoms with E-state index in [9.17, 15) is 14.0 Å². The van der Waals surface area contributed by atoms with E-state index in [4.69, 9.17) is 9.47 Å². The van der Waals surface area contributed by atoms with Crippen LogP contribution in [0.2, 0.25) is 0 Å². The molecule has 0 aliphatic carbocycles. The van der Waals surface area contributed by atoms with Gasteiger partial charge in [-0.1, -0.05) is 24.3 Å². The standard InChI is InChI=1S/C22H25FN2O4/c1-3-24-22(27)15(2)25(13-17-6-4-5-7-18(17)23)21(26)11-9-16-8-10-19-20(12-16)29-14-28-19/h4-8,10,12,15H,3,9,11,13-14H2,1-2H3,(H,24,27)/t15-/m1/s1. The highest BCUT2D eigenvalue weighted by atomic mass is 19.1. The molecule has 2 amide bonds. The number of fused-ring (bicyclic) bond motifs is 1. The van der Waals surface area contributed by atoms with Crippen LogP contribution in [-0.4, -0.2) is 36.1 Å². The summed E-state index contributed by atoms with van der Waals surface area (Å²) >= 11 is 0. The van der Waals surface area contributed by atoms with E-state index in [0.29, 0.717) is 30.0 Å². The van der Waals surface area contributed by atoms with Crippen LogP contribution in [0.4, 0.5) is 4.39 Å². The first-order valence-electron chi connectivity index (χ1n) is 9.68. The fourth-order valence-electron chi connectivity index (χ4n) is 3.21. The molecule has 0 saturated carbocycles. The van der Waals surface area contributed by atoms with E-state index in [0.717, 1.165) is 5.56 Å². The first-order valence-corrected chi connectivity index (χ1v) is 9.68. The maximum Gasteiger partial charge on any atom is 0.242 e. The van der Waals surface area contributed by atoms with Crippen molar-refractivity contribution >= 4 is 11.8 Å². The summed E-state index contributed by atoms with van der Waals surface area (Å²) in [5.41, 5.74) is 1.30. The van der Waals surface area contributed by atoms with Gasteiger partial charge in [0.2, 0.25) is 18.6 Å². The van der Waals surface area contributed by atoms with Crippen molar-refractivity contribution in [3.05, 3.63) is 59.4 Å². The topological polar surface area (TPSA) is 67.9 Å². The van der Waals surface area contributed by atoms with Crippen LogP contribution >= 0.6 is 0 Å². The van der Waals surface area contributed by atoms with Gasteiger partial charge in [0.1, 0.15) is 11.9 Å². The first-order chi connectivity index (χ1) is 14.0. The molecule has 1 atom stereocenters. The van der Waals surface area contributed by atoms with Crippen LogP contribution in [-0.2, 0) is 22.6 Å². The molecule has 1 heterocycles. The number of ether oxygens (including phenoxy) is 2. The van der Waals surface area contributed by atoms with Crippen molar-refractivity contribution in [2.45, 2.75) is 39.3 Å². The number of nitrogens with zero attached hydrogens (tertiary/aromatic N) is 1. The predicted molar refractivity (Wildman–Crippen MR) is 106 cm³/mol. The Labute approximate surface area is 169 Å². The molecule has 0 spiro atoms. The minimum atomic E-state index is -0.709. The Hall–Kier alpha value is -3.09. The van der Waals surface area contributed by atoms with Gasteiger partial charge in [-0.25, -0.2) is 4.39 Å². The lowest BCUT2D eigenvalue weighted by atomic mass is 10.1. The maximum absolute atomic E-state index is 14.1. The zero-order valence-corrected chi connectivity index (χ0v) is 16.6. The number of likely N-dealkylation sites (N-methyl/N-ethyl adjacent to an activating group) is 1. The highest BCUT2D eigenvalue weighted by Crippen LogP contribution is 2.32. The molecule has 0 aromatic heterocycles. The summed E-state index contributed by atoms with van der Waals surface area (Å²) in [6.07, 6.45) is 0.670. The summed E-state index contributed by atoms with van der Waals surface area (Å²) < 4.78 is 24.8. The zero-order chi connectivity index (χ0) is 20.8. The highest BCUT2D eigenvalue weighted by Gasteiger charge is 2.26. The third kappa shape index (κ3) is 5.04. The lowest BCUT2D eigenvalue weighted by molar-refractivity contribution is -0.140. The van der Waals surface area contributed by atoms with E-state index in [1.165, 1.54) is 11.0 Å². The normalized spacial score (nSPS) is 13.1. The average Bonchev–Trinajstić information content (AvgIpc) is 3.19. The third-order valence-corrected chi connectivity index (χ3v) is 4.88. The number of benzene rings is 2. The predicted octanol–water partition coefficient (Wildman–Crippen LogP) is 3.04. The summed E-state index contributed by atoms with van der Waals surface area (Å²) in [5.74, 6) is 0.467. The third-order valence-electron chi connectivity index (χ3n) is 4.88. The largest absolute Gasteiger partial charge is 0.454 e. The molecule has 154 valence electrons. The van der Waals surface area contributed by atoms with Gasteiger partial charge in [0, 0.05) is 25.1 Å². The number of hydrogen-bond donors (Lipinski definition) is 1. The van der Waals surface area contributed by atoms with Gasteiger partial charge < -0.3 is 19.7 Å². The van der Waals surface area contributed by atoms with Crippen molar-refractivity contribution in [2.24, 2.45) is 0 Å². The van der Waals surface area contributed by atoms with Crippen LogP contribution in [0.1, 0.15) is 31.4 Å². The highest BCUT2D eigenvalue weighted by molar-refractivity contribution is 5.87. The Morgan fingerprint density at radius 1 is 1.17 bits per heavy atom. The summed E-state index contributed by atoms with van der Waals surface area (Å²) in [6, 6.07) is 11.1. The van der Waals surface area contributed by atoms with Crippen molar-refractivity contribution in [3.8, 4) is 11.5 Å². The quantitative estimate of drug-likeness (QED) is 0.740. The van der Waals surface area contributed by atoms with Crippen molar-refractivity contribution in [3.63, 3.8) is 0 Å². The molecule has 7 heteroatoms. The van der Waals surface area contributed by atoms with E-state index in [-0.39, 0.29) is 31.6 Å². The Morgan fingerprint density at radius 2 is 1.93 bits per heavy atom. The molecular formula is C22H25FN2O4. The Bertz CT molecular complexity index is 887. The molecule has 0 bridgehead atoms. The van der Waals surface area contributed by atoms with Crippen molar-refractivity contribution in [1.29, 1.82) is 0 Å². The second kappa shape index (κ2) is 9.41. The zero-order valence-electron chi connectivity index (χ0n) is 16.6. The minimum Gasteiger partial charge on any atom is -0.454 e. The Balaban J connectivity index is 1.72. The van der Waals surface area contributed by atoms with Gasteiger partial charge in [-0.3, -0.25) is 9.59 Å². The van der Waals surface area contributed by atoms with Gasteiger partial charge >= 0.3 is 0 Å². The minimum absolute atomic E-state index is 0.0327. The van der Waals surface area contributed by atoms with Gasteiger partial charge in [-0.05, 0) is 44.0 Å². The van der Waals surface area contributed by atoms with E-state index >= 15 is 0 Å². The van der Waals surface area contributed by atoms with Crippen LogP contribution in [0.5, 0.6) is 11.5 Å². The maximum atomic E-state index is 14.1. The number of nitrogens with one attached hydrogen (secondary N) is 1. The monoisotopic (exact) mass is 400 g/mol. The van der Waals surface area contributed by atoms with Gasteiger partial charge in [0.15, 0.2) is 11.5 Å². The molecule has 1 aliphatic rings. The lowest BCUT2D eigenvalue weighted by Gasteiger charge is -2.29. The van der Waals surface area contributed by atoms with E-state index in [1.807, 2.05) is 25.1 Å². The smallest absolute Gasteiger partial charge is 0.242 e. The summed E-state index contributed by atoms with van der Waals surface area (Å²) in [4.78, 5) is 26.7. The number of rotatable bonds is 8. The molecule has 2 aromatic rings. The summed E-state index contributed by atoms with van der Waals surface area (Å²) in [6.45, 7) is 4.16. The Morgan fingerprint density at radius 3 is 2.69 bits per heavy atom. The van der Waals surface area contributed by atoms with Crippen LogP contribution in [0.15, 0.2) is 42.5 Å². The fourth-order valence-corrected chi connectivity index (χ4v) is 3.21. The molecule has 2 aromatic carbocycles. The number of aryl methyl sites for hydroxylation is 1. The fraction of sp³-hybridized carbons (Fsp3) is 0.364. The van der Waals surface area contributed by atoms with Crippen molar-refractivity contribution in [2.75, 3.05) is 13.3 Å². The van der Waals surface area contributed by atoms with Crippen LogP contribution in [0.3, 0.4) is 0 Å². The molecule has 1 N–H and O–H groups in total. The molecule has 1 aliphatic heterocycles. The first kappa shape index (κ1) is 20.6. The van der Waals surface area contributed by atoms with Crippen LogP contribution < -0.4 is 14.8 Å². The number of hydrogen-bond acceptors (Lipinski definition) is 4. The molecule has 29 heavy (non-hydrogen) atoms.